The van der Waals surface area contributed by atoms with Crippen LogP contribution in [0.3, 0.4) is 0 Å². The highest BCUT2D eigenvalue weighted by atomic mass is 127. The van der Waals surface area contributed by atoms with Crippen LogP contribution in [0.25, 0.3) is 0 Å². The molecule has 0 aliphatic rings. The largest absolute Gasteiger partial charge is 0.508 e. The van der Waals surface area contributed by atoms with E-state index in [1.807, 2.05) is 6.92 Å². The van der Waals surface area contributed by atoms with Gasteiger partial charge in [0.2, 0.25) is 0 Å². The molecule has 28 heavy (non-hydrogen) atoms. The zero-order valence-electron chi connectivity index (χ0n) is 16.5. The third-order valence-electron chi connectivity index (χ3n) is 4.00. The maximum absolute atomic E-state index is 12.0. The second-order valence-electron chi connectivity index (χ2n) is 6.79. The molecule has 1 amide bonds. The van der Waals surface area contributed by atoms with Crippen molar-refractivity contribution in [2.24, 2.45) is 4.99 Å². The number of phenols is 1. The predicted molar refractivity (Wildman–Crippen MR) is 127 cm³/mol. The Kier molecular flexibility index (Phi) is 10.3. The second kappa shape index (κ2) is 11.9. The van der Waals surface area contributed by atoms with Crippen molar-refractivity contribution in [1.82, 2.24) is 16.0 Å². The lowest BCUT2D eigenvalue weighted by Crippen LogP contribution is -2.42. The van der Waals surface area contributed by atoms with Crippen LogP contribution >= 0.6 is 35.3 Å². The number of aromatic hydroxyl groups is 1. The summed E-state index contributed by atoms with van der Waals surface area (Å²) in [7, 11) is 0. The number of phenolic OH excluding ortho intramolecular Hbond substituents is 1. The standard InChI is InChI=1S/C20H28N4O2S.HI/c1-4-21-19(24-14-20(2,3)17-6-5-13-27-17)23-12-11-22-18(26)15-7-9-16(25)10-8-15;/h5-10,13,25H,4,11-12,14H2,1-3H3,(H,22,26)(H2,21,23,24);1H. The summed E-state index contributed by atoms with van der Waals surface area (Å²) < 4.78 is 0. The summed E-state index contributed by atoms with van der Waals surface area (Å²) in [6.07, 6.45) is 0. The maximum atomic E-state index is 12.0. The molecule has 0 unspecified atom stereocenters. The van der Waals surface area contributed by atoms with Gasteiger partial charge in [0.25, 0.3) is 5.91 Å². The van der Waals surface area contributed by atoms with Crippen molar-refractivity contribution in [1.29, 1.82) is 0 Å². The highest BCUT2D eigenvalue weighted by molar-refractivity contribution is 14.0. The van der Waals surface area contributed by atoms with E-state index in [-0.39, 0.29) is 41.0 Å². The van der Waals surface area contributed by atoms with Gasteiger partial charge in [0.15, 0.2) is 5.96 Å². The molecular formula is C20H29IN4O2S. The minimum absolute atomic E-state index is 0. The fourth-order valence-corrected chi connectivity index (χ4v) is 3.28. The van der Waals surface area contributed by atoms with Gasteiger partial charge in [-0.2, -0.15) is 0 Å². The number of carbonyl (C=O) groups excluding carboxylic acids is 1. The van der Waals surface area contributed by atoms with E-state index >= 15 is 0 Å². The van der Waals surface area contributed by atoms with Crippen LogP contribution in [0, 0.1) is 0 Å². The van der Waals surface area contributed by atoms with Crippen molar-refractivity contribution in [3.8, 4) is 5.75 Å². The summed E-state index contributed by atoms with van der Waals surface area (Å²) in [5.74, 6) is 0.712. The molecule has 6 nitrogen and oxygen atoms in total. The van der Waals surface area contributed by atoms with Gasteiger partial charge in [-0.25, -0.2) is 0 Å². The average Bonchev–Trinajstić information content (AvgIpc) is 3.19. The third kappa shape index (κ3) is 7.67. The second-order valence-corrected chi connectivity index (χ2v) is 7.73. The smallest absolute Gasteiger partial charge is 0.251 e. The van der Waals surface area contributed by atoms with Gasteiger partial charge >= 0.3 is 0 Å². The van der Waals surface area contributed by atoms with Crippen molar-refractivity contribution >= 4 is 47.2 Å². The Morgan fingerprint density at radius 2 is 1.79 bits per heavy atom. The summed E-state index contributed by atoms with van der Waals surface area (Å²) in [5, 5.41) is 20.7. The molecule has 0 saturated heterocycles. The molecule has 0 aliphatic carbocycles. The Hall–Kier alpha value is -1.81. The van der Waals surface area contributed by atoms with Crippen LogP contribution in [-0.4, -0.2) is 43.2 Å². The number of thiophene rings is 1. The number of carbonyl (C=O) groups is 1. The van der Waals surface area contributed by atoms with E-state index in [4.69, 9.17) is 0 Å². The fourth-order valence-electron chi connectivity index (χ4n) is 2.43. The fraction of sp³-hybridized carbons (Fsp3) is 0.400. The molecule has 0 aliphatic heterocycles. The maximum Gasteiger partial charge on any atom is 0.251 e. The Morgan fingerprint density at radius 3 is 2.39 bits per heavy atom. The molecule has 154 valence electrons. The molecule has 1 aromatic carbocycles. The zero-order valence-corrected chi connectivity index (χ0v) is 19.6. The molecule has 0 spiro atoms. The monoisotopic (exact) mass is 516 g/mol. The number of aliphatic imine (C=N–C) groups is 1. The van der Waals surface area contributed by atoms with Crippen LogP contribution in [0.2, 0.25) is 0 Å². The minimum Gasteiger partial charge on any atom is -0.508 e. The molecule has 0 bridgehead atoms. The topological polar surface area (TPSA) is 85.8 Å². The normalized spacial score (nSPS) is 11.5. The lowest BCUT2D eigenvalue weighted by Gasteiger charge is -2.22. The molecule has 0 fully saturated rings. The molecular weight excluding hydrogens is 487 g/mol. The van der Waals surface area contributed by atoms with Gasteiger partial charge < -0.3 is 21.1 Å². The molecule has 8 heteroatoms. The lowest BCUT2D eigenvalue weighted by molar-refractivity contribution is 0.0954. The first-order chi connectivity index (χ1) is 12.9. The van der Waals surface area contributed by atoms with E-state index in [1.54, 1.807) is 23.5 Å². The summed E-state index contributed by atoms with van der Waals surface area (Å²) in [4.78, 5) is 18.0. The Labute approximate surface area is 187 Å². The average molecular weight is 516 g/mol. The van der Waals surface area contributed by atoms with E-state index in [2.05, 4.69) is 52.3 Å². The first kappa shape index (κ1) is 24.2. The van der Waals surface area contributed by atoms with E-state index in [0.29, 0.717) is 25.2 Å². The molecule has 0 saturated carbocycles. The number of halogens is 1. The van der Waals surface area contributed by atoms with E-state index in [1.165, 1.54) is 17.0 Å². The van der Waals surface area contributed by atoms with E-state index in [9.17, 15) is 9.90 Å². The third-order valence-corrected chi connectivity index (χ3v) is 5.23. The van der Waals surface area contributed by atoms with Crippen LogP contribution in [0.5, 0.6) is 5.75 Å². The molecule has 1 heterocycles. The molecule has 2 aromatic rings. The SMILES string of the molecule is CCNC(=NCC(C)(C)c1cccs1)NCCNC(=O)c1ccc(O)cc1.I. The Morgan fingerprint density at radius 1 is 1.11 bits per heavy atom. The van der Waals surface area contributed by atoms with Gasteiger partial charge in [0.1, 0.15) is 5.75 Å². The number of nitrogens with one attached hydrogen (secondary N) is 3. The zero-order chi connectivity index (χ0) is 19.7. The predicted octanol–water partition coefficient (Wildman–Crippen LogP) is 3.33. The number of hydrogen-bond acceptors (Lipinski definition) is 4. The molecule has 4 N–H and O–H groups in total. The number of rotatable bonds is 8. The van der Waals surface area contributed by atoms with Crippen molar-refractivity contribution in [3.05, 3.63) is 52.2 Å². The van der Waals surface area contributed by atoms with E-state index in [0.717, 1.165) is 12.5 Å². The summed E-state index contributed by atoms with van der Waals surface area (Å²) in [5.41, 5.74) is 0.495. The van der Waals surface area contributed by atoms with Gasteiger partial charge in [-0.15, -0.1) is 35.3 Å². The number of hydrogen-bond donors (Lipinski definition) is 4. The summed E-state index contributed by atoms with van der Waals surface area (Å²) in [6, 6.07) is 10.4. The van der Waals surface area contributed by atoms with Gasteiger partial charge in [0.05, 0.1) is 6.54 Å². The first-order valence-electron chi connectivity index (χ1n) is 9.06. The van der Waals surface area contributed by atoms with Crippen molar-refractivity contribution in [3.63, 3.8) is 0 Å². The highest BCUT2D eigenvalue weighted by Gasteiger charge is 2.21. The Bertz CT molecular complexity index is 746. The molecule has 1 aromatic heterocycles. The number of guanidine groups is 1. The van der Waals surface area contributed by atoms with Crippen LogP contribution in [0.4, 0.5) is 0 Å². The first-order valence-corrected chi connectivity index (χ1v) is 9.94. The van der Waals surface area contributed by atoms with Crippen LogP contribution in [-0.2, 0) is 5.41 Å². The summed E-state index contributed by atoms with van der Waals surface area (Å²) >= 11 is 1.75. The Balaban J connectivity index is 0.00000392. The van der Waals surface area contributed by atoms with Crippen LogP contribution < -0.4 is 16.0 Å². The molecule has 0 radical (unpaired) electrons. The summed E-state index contributed by atoms with van der Waals surface area (Å²) in [6.45, 7) is 8.86. The van der Waals surface area contributed by atoms with Gasteiger partial charge in [0, 0.05) is 35.5 Å². The lowest BCUT2D eigenvalue weighted by atomic mass is 9.92. The number of amides is 1. The number of benzene rings is 1. The van der Waals surface area contributed by atoms with Crippen LogP contribution in [0.1, 0.15) is 36.0 Å². The van der Waals surface area contributed by atoms with Gasteiger partial charge in [-0.05, 0) is 42.6 Å². The van der Waals surface area contributed by atoms with Gasteiger partial charge in [-0.3, -0.25) is 9.79 Å². The highest BCUT2D eigenvalue weighted by Crippen LogP contribution is 2.27. The van der Waals surface area contributed by atoms with Crippen LogP contribution in [0.15, 0.2) is 46.8 Å². The van der Waals surface area contributed by atoms with Gasteiger partial charge in [-0.1, -0.05) is 19.9 Å². The number of nitrogens with zero attached hydrogens (tertiary/aromatic N) is 1. The van der Waals surface area contributed by atoms with Crippen molar-refractivity contribution in [2.75, 3.05) is 26.2 Å². The van der Waals surface area contributed by atoms with Crippen molar-refractivity contribution in [2.45, 2.75) is 26.2 Å². The molecule has 0 atom stereocenters. The minimum atomic E-state index is -0.169. The quantitative estimate of drug-likeness (QED) is 0.188. The van der Waals surface area contributed by atoms with E-state index < -0.39 is 0 Å². The van der Waals surface area contributed by atoms with Crippen molar-refractivity contribution < 1.29 is 9.90 Å². The molecule has 2 rings (SSSR count).